The molecule has 1 saturated carbocycles. The van der Waals surface area contributed by atoms with E-state index in [9.17, 15) is 4.79 Å². The summed E-state index contributed by atoms with van der Waals surface area (Å²) in [5, 5.41) is 0. The van der Waals surface area contributed by atoms with Gasteiger partial charge in [0.1, 0.15) is 0 Å². The summed E-state index contributed by atoms with van der Waals surface area (Å²) in [6.45, 7) is 7.25. The fourth-order valence-corrected chi connectivity index (χ4v) is 2.75. The molecule has 1 rings (SSSR count). The molecule has 1 amide bonds. The van der Waals surface area contributed by atoms with E-state index in [1.54, 1.807) is 0 Å². The Morgan fingerprint density at radius 3 is 2.44 bits per heavy atom. The van der Waals surface area contributed by atoms with Crippen LogP contribution in [0.5, 0.6) is 0 Å². The second-order valence-electron chi connectivity index (χ2n) is 4.81. The maximum Gasteiger partial charge on any atom is 0.238 e. The normalized spacial score (nSPS) is 21.1. The van der Waals surface area contributed by atoms with Crippen LogP contribution >= 0.6 is 0 Å². The van der Waals surface area contributed by atoms with E-state index in [4.69, 9.17) is 5.84 Å². The van der Waals surface area contributed by atoms with Gasteiger partial charge in [-0.05, 0) is 26.3 Å². The summed E-state index contributed by atoms with van der Waals surface area (Å²) in [6, 6.07) is 0.921. The number of rotatable bonds is 5. The first-order valence-corrected chi connectivity index (χ1v) is 6.38. The molecule has 0 aromatic carbocycles. The zero-order valence-corrected chi connectivity index (χ0v) is 10.7. The summed E-state index contributed by atoms with van der Waals surface area (Å²) >= 11 is 0. The molecule has 2 unspecified atom stereocenters. The highest BCUT2D eigenvalue weighted by atomic mass is 16.2. The number of nitrogens with zero attached hydrogens (tertiary/aromatic N) is 1. The maximum absolute atomic E-state index is 11.5. The summed E-state index contributed by atoms with van der Waals surface area (Å²) in [5.74, 6) is 5.07. The van der Waals surface area contributed by atoms with Crippen LogP contribution < -0.4 is 11.3 Å². The largest absolute Gasteiger partial charge is 0.297 e. The van der Waals surface area contributed by atoms with Crippen molar-refractivity contribution in [1.82, 2.24) is 10.3 Å². The fraction of sp³-hybridized carbons (Fsp3) is 0.917. The van der Waals surface area contributed by atoms with Crippen molar-refractivity contribution >= 4 is 5.91 Å². The summed E-state index contributed by atoms with van der Waals surface area (Å²) in [6.07, 6.45) is 5.20. The lowest BCUT2D eigenvalue weighted by Gasteiger charge is -2.36. The smallest absolute Gasteiger partial charge is 0.238 e. The summed E-state index contributed by atoms with van der Waals surface area (Å²) in [5.41, 5.74) is 2.25. The second-order valence-corrected chi connectivity index (χ2v) is 4.81. The molecule has 16 heavy (non-hydrogen) atoms. The van der Waals surface area contributed by atoms with Gasteiger partial charge in [-0.25, -0.2) is 5.84 Å². The monoisotopic (exact) mass is 227 g/mol. The molecule has 1 aliphatic rings. The highest BCUT2D eigenvalue weighted by Crippen LogP contribution is 2.26. The molecular formula is C12H25N3O. The third kappa shape index (κ3) is 2.95. The predicted molar refractivity (Wildman–Crippen MR) is 65.6 cm³/mol. The van der Waals surface area contributed by atoms with Crippen LogP contribution in [0.2, 0.25) is 0 Å². The van der Waals surface area contributed by atoms with Crippen LogP contribution in [0.1, 0.15) is 46.5 Å². The van der Waals surface area contributed by atoms with E-state index in [-0.39, 0.29) is 17.9 Å². The third-order valence-corrected chi connectivity index (χ3v) is 3.96. The van der Waals surface area contributed by atoms with E-state index in [1.807, 2.05) is 6.92 Å². The van der Waals surface area contributed by atoms with Crippen molar-refractivity contribution < 1.29 is 4.79 Å². The van der Waals surface area contributed by atoms with Gasteiger partial charge in [-0.15, -0.1) is 0 Å². The van der Waals surface area contributed by atoms with E-state index in [1.165, 1.54) is 25.7 Å². The van der Waals surface area contributed by atoms with Gasteiger partial charge in [0.25, 0.3) is 0 Å². The van der Waals surface area contributed by atoms with Crippen LogP contribution in [0.3, 0.4) is 0 Å². The number of carbonyl (C=O) groups excluding carboxylic acids is 1. The van der Waals surface area contributed by atoms with Gasteiger partial charge in [0.2, 0.25) is 5.91 Å². The topological polar surface area (TPSA) is 58.4 Å². The average Bonchev–Trinajstić information content (AvgIpc) is 2.81. The molecule has 3 N–H and O–H groups in total. The minimum atomic E-state index is -0.0658. The number of nitrogens with two attached hydrogens (primary N) is 1. The predicted octanol–water partition coefficient (Wildman–Crippen LogP) is 1.27. The quantitative estimate of drug-likeness (QED) is 0.422. The van der Waals surface area contributed by atoms with Crippen molar-refractivity contribution in [3.63, 3.8) is 0 Å². The zero-order chi connectivity index (χ0) is 12.1. The van der Waals surface area contributed by atoms with Crippen molar-refractivity contribution in [2.24, 2.45) is 11.8 Å². The molecule has 2 atom stereocenters. The molecule has 0 saturated heterocycles. The molecule has 0 aromatic rings. The van der Waals surface area contributed by atoms with Gasteiger partial charge in [-0.2, -0.15) is 0 Å². The van der Waals surface area contributed by atoms with E-state index < -0.39 is 0 Å². The van der Waals surface area contributed by atoms with Crippen molar-refractivity contribution in [1.29, 1.82) is 0 Å². The minimum Gasteiger partial charge on any atom is -0.297 e. The Hall–Kier alpha value is -0.610. The van der Waals surface area contributed by atoms with Crippen LogP contribution in [-0.4, -0.2) is 29.4 Å². The first kappa shape index (κ1) is 13.5. The standard InChI is InChI=1S/C12H25N3O/c1-4-15(11-7-5-6-8-11)10(3)9(2)12(16)14-13/h9-11H,4-8,13H2,1-3H3,(H,14,16). The van der Waals surface area contributed by atoms with E-state index in [0.29, 0.717) is 6.04 Å². The van der Waals surface area contributed by atoms with Gasteiger partial charge in [-0.1, -0.05) is 26.7 Å². The summed E-state index contributed by atoms with van der Waals surface area (Å²) in [4.78, 5) is 14.0. The molecule has 1 aliphatic carbocycles. The lowest BCUT2D eigenvalue weighted by molar-refractivity contribution is -0.126. The van der Waals surface area contributed by atoms with Crippen LogP contribution in [0.25, 0.3) is 0 Å². The lowest BCUT2D eigenvalue weighted by atomic mass is 9.99. The number of hydrazine groups is 1. The van der Waals surface area contributed by atoms with Gasteiger partial charge < -0.3 is 0 Å². The Bertz CT molecular complexity index is 226. The minimum absolute atomic E-state index is 0.0504. The van der Waals surface area contributed by atoms with Crippen LogP contribution in [0.4, 0.5) is 0 Å². The van der Waals surface area contributed by atoms with Crippen LogP contribution in [-0.2, 0) is 4.79 Å². The van der Waals surface area contributed by atoms with Crippen molar-refractivity contribution in [3.8, 4) is 0 Å². The highest BCUT2D eigenvalue weighted by Gasteiger charge is 2.30. The Morgan fingerprint density at radius 1 is 1.44 bits per heavy atom. The number of amides is 1. The van der Waals surface area contributed by atoms with Crippen molar-refractivity contribution in [2.75, 3.05) is 6.54 Å². The van der Waals surface area contributed by atoms with Crippen molar-refractivity contribution in [3.05, 3.63) is 0 Å². The van der Waals surface area contributed by atoms with E-state index in [0.717, 1.165) is 6.54 Å². The molecule has 4 nitrogen and oxygen atoms in total. The van der Waals surface area contributed by atoms with Crippen LogP contribution in [0, 0.1) is 5.92 Å². The van der Waals surface area contributed by atoms with E-state index in [2.05, 4.69) is 24.2 Å². The van der Waals surface area contributed by atoms with Gasteiger partial charge in [-0.3, -0.25) is 15.1 Å². The Morgan fingerprint density at radius 2 is 2.00 bits per heavy atom. The average molecular weight is 227 g/mol. The first-order valence-electron chi connectivity index (χ1n) is 6.38. The van der Waals surface area contributed by atoms with Crippen molar-refractivity contribution in [2.45, 2.75) is 58.5 Å². The number of nitrogens with one attached hydrogen (secondary N) is 1. The molecule has 0 bridgehead atoms. The molecule has 0 spiro atoms. The molecule has 0 aliphatic heterocycles. The highest BCUT2D eigenvalue weighted by molar-refractivity contribution is 5.78. The SMILES string of the molecule is CCN(C1CCCC1)C(C)C(C)C(=O)NN. The third-order valence-electron chi connectivity index (χ3n) is 3.96. The van der Waals surface area contributed by atoms with Gasteiger partial charge in [0.05, 0.1) is 5.92 Å². The van der Waals surface area contributed by atoms with Gasteiger partial charge in [0, 0.05) is 12.1 Å². The summed E-state index contributed by atoms with van der Waals surface area (Å²) in [7, 11) is 0. The number of carbonyl (C=O) groups is 1. The molecule has 0 heterocycles. The lowest BCUT2D eigenvalue weighted by Crippen LogP contribution is -2.49. The molecule has 4 heteroatoms. The molecular weight excluding hydrogens is 202 g/mol. The molecule has 0 aromatic heterocycles. The summed E-state index contributed by atoms with van der Waals surface area (Å²) < 4.78 is 0. The molecule has 94 valence electrons. The Kier molecular flexibility index (Phi) is 5.22. The van der Waals surface area contributed by atoms with E-state index >= 15 is 0 Å². The maximum atomic E-state index is 11.5. The number of hydrogen-bond acceptors (Lipinski definition) is 3. The second kappa shape index (κ2) is 6.21. The molecule has 1 fully saturated rings. The molecule has 0 radical (unpaired) electrons. The van der Waals surface area contributed by atoms with Gasteiger partial charge >= 0.3 is 0 Å². The fourth-order valence-electron chi connectivity index (χ4n) is 2.75. The van der Waals surface area contributed by atoms with Gasteiger partial charge in [0.15, 0.2) is 0 Å². The number of hydrogen-bond donors (Lipinski definition) is 2. The zero-order valence-electron chi connectivity index (χ0n) is 10.7. The first-order chi connectivity index (χ1) is 7.61. The van der Waals surface area contributed by atoms with Crippen LogP contribution in [0.15, 0.2) is 0 Å². The Balaban J connectivity index is 2.60. The Labute approximate surface area is 98.5 Å².